The lowest BCUT2D eigenvalue weighted by Crippen LogP contribution is -2.34. The number of aromatic hydroxyl groups is 2. The topological polar surface area (TPSA) is 69.6 Å². The number of carbonyl (C=O) groups is 1. The zero-order valence-corrected chi connectivity index (χ0v) is 10.8. The van der Waals surface area contributed by atoms with E-state index in [0.29, 0.717) is 11.6 Å². The molecule has 1 amide bonds. The Morgan fingerprint density at radius 1 is 1.16 bits per heavy atom. The standard InChI is InChI=1S/C15H19NO3/c17-13-8-6-11(10-14(13)18)7-9-15(19)16-12-4-2-1-3-5-12/h6-10,12,17-18H,1-5H2,(H,16,19)/b9-7+. The molecule has 0 atom stereocenters. The molecule has 0 spiro atoms. The van der Waals surface area contributed by atoms with Crippen molar-refractivity contribution in [2.24, 2.45) is 0 Å². The van der Waals surface area contributed by atoms with E-state index in [1.54, 1.807) is 12.1 Å². The number of amides is 1. The van der Waals surface area contributed by atoms with Gasteiger partial charge in [0.05, 0.1) is 0 Å². The molecule has 0 unspecified atom stereocenters. The Bertz CT molecular complexity index is 476. The maximum atomic E-state index is 11.7. The summed E-state index contributed by atoms with van der Waals surface area (Å²) in [5.74, 6) is -0.460. The first-order valence-electron chi connectivity index (χ1n) is 6.66. The molecule has 0 aliphatic heterocycles. The van der Waals surface area contributed by atoms with Gasteiger partial charge in [0.2, 0.25) is 5.91 Å². The van der Waals surface area contributed by atoms with Crippen LogP contribution in [-0.4, -0.2) is 22.2 Å². The molecule has 0 radical (unpaired) electrons. The third-order valence-corrected chi connectivity index (χ3v) is 3.38. The van der Waals surface area contributed by atoms with Crippen LogP contribution >= 0.6 is 0 Å². The molecule has 4 nitrogen and oxygen atoms in total. The smallest absolute Gasteiger partial charge is 0.244 e. The molecule has 1 saturated carbocycles. The SMILES string of the molecule is O=C(/C=C/c1ccc(O)c(O)c1)NC1CCCCC1. The van der Waals surface area contributed by atoms with E-state index < -0.39 is 0 Å². The molecule has 19 heavy (non-hydrogen) atoms. The number of rotatable bonds is 3. The van der Waals surface area contributed by atoms with Crippen LogP contribution in [-0.2, 0) is 4.79 Å². The normalized spacial score (nSPS) is 16.6. The van der Waals surface area contributed by atoms with Crippen molar-refractivity contribution in [2.75, 3.05) is 0 Å². The summed E-state index contributed by atoms with van der Waals surface area (Å²) >= 11 is 0. The van der Waals surface area contributed by atoms with Crippen molar-refractivity contribution < 1.29 is 15.0 Å². The molecule has 102 valence electrons. The Kier molecular flexibility index (Phi) is 4.44. The predicted molar refractivity (Wildman–Crippen MR) is 73.8 cm³/mol. The van der Waals surface area contributed by atoms with Crippen LogP contribution in [0.15, 0.2) is 24.3 Å². The molecule has 1 aromatic rings. The molecule has 4 heteroatoms. The Hall–Kier alpha value is -1.97. The minimum atomic E-state index is -0.185. The molecule has 0 bridgehead atoms. The number of hydrogen-bond donors (Lipinski definition) is 3. The van der Waals surface area contributed by atoms with E-state index in [4.69, 9.17) is 0 Å². The van der Waals surface area contributed by atoms with Crippen LogP contribution in [0.5, 0.6) is 11.5 Å². The summed E-state index contributed by atoms with van der Waals surface area (Å²) in [6, 6.07) is 4.74. The van der Waals surface area contributed by atoms with Crippen LogP contribution in [0.4, 0.5) is 0 Å². The number of phenols is 2. The summed E-state index contributed by atoms with van der Waals surface area (Å²) in [5.41, 5.74) is 0.675. The second-order valence-electron chi connectivity index (χ2n) is 4.93. The fourth-order valence-corrected chi connectivity index (χ4v) is 2.31. The predicted octanol–water partition coefficient (Wildman–Crippen LogP) is 2.56. The van der Waals surface area contributed by atoms with Gasteiger partial charge in [-0.05, 0) is 36.6 Å². The van der Waals surface area contributed by atoms with Gasteiger partial charge < -0.3 is 15.5 Å². The second-order valence-corrected chi connectivity index (χ2v) is 4.93. The average molecular weight is 261 g/mol. The van der Waals surface area contributed by atoms with Crippen LogP contribution in [0.2, 0.25) is 0 Å². The first-order chi connectivity index (χ1) is 9.15. The maximum absolute atomic E-state index is 11.7. The molecule has 0 aromatic heterocycles. The zero-order chi connectivity index (χ0) is 13.7. The lowest BCUT2D eigenvalue weighted by molar-refractivity contribution is -0.117. The lowest BCUT2D eigenvalue weighted by atomic mass is 9.95. The van der Waals surface area contributed by atoms with Crippen molar-refractivity contribution in [3.8, 4) is 11.5 Å². The van der Waals surface area contributed by atoms with Crippen LogP contribution in [0.1, 0.15) is 37.7 Å². The Labute approximate surface area is 112 Å². The van der Waals surface area contributed by atoms with Crippen molar-refractivity contribution in [1.29, 1.82) is 0 Å². The van der Waals surface area contributed by atoms with Crippen LogP contribution < -0.4 is 5.32 Å². The molecule has 0 heterocycles. The van der Waals surface area contributed by atoms with Crippen molar-refractivity contribution in [1.82, 2.24) is 5.32 Å². The Morgan fingerprint density at radius 3 is 2.58 bits per heavy atom. The van der Waals surface area contributed by atoms with E-state index in [0.717, 1.165) is 12.8 Å². The molecular formula is C15H19NO3. The fourth-order valence-electron chi connectivity index (χ4n) is 2.31. The van der Waals surface area contributed by atoms with Gasteiger partial charge in [-0.3, -0.25) is 4.79 Å². The average Bonchev–Trinajstić information content (AvgIpc) is 2.41. The summed E-state index contributed by atoms with van der Waals surface area (Å²) in [5, 5.41) is 21.5. The first kappa shape index (κ1) is 13.5. The van der Waals surface area contributed by atoms with E-state index >= 15 is 0 Å². The minimum Gasteiger partial charge on any atom is -0.504 e. The number of hydrogen-bond acceptors (Lipinski definition) is 3. The highest BCUT2D eigenvalue weighted by Gasteiger charge is 2.14. The van der Waals surface area contributed by atoms with Crippen molar-refractivity contribution >= 4 is 12.0 Å². The molecule has 0 saturated heterocycles. The number of carbonyl (C=O) groups excluding carboxylic acids is 1. The van der Waals surface area contributed by atoms with Crippen LogP contribution in [0.25, 0.3) is 6.08 Å². The van der Waals surface area contributed by atoms with Gasteiger partial charge in [0.25, 0.3) is 0 Å². The summed E-state index contributed by atoms with van der Waals surface area (Å²) in [7, 11) is 0. The van der Waals surface area contributed by atoms with E-state index in [1.165, 1.54) is 37.5 Å². The van der Waals surface area contributed by atoms with Crippen LogP contribution in [0.3, 0.4) is 0 Å². The van der Waals surface area contributed by atoms with Crippen molar-refractivity contribution in [3.63, 3.8) is 0 Å². The largest absolute Gasteiger partial charge is 0.504 e. The first-order valence-corrected chi connectivity index (χ1v) is 6.66. The van der Waals surface area contributed by atoms with E-state index in [1.807, 2.05) is 0 Å². The lowest BCUT2D eigenvalue weighted by Gasteiger charge is -2.21. The maximum Gasteiger partial charge on any atom is 0.244 e. The van der Waals surface area contributed by atoms with Gasteiger partial charge in [0, 0.05) is 12.1 Å². The summed E-state index contributed by atoms with van der Waals surface area (Å²) in [6.45, 7) is 0. The fraction of sp³-hybridized carbons (Fsp3) is 0.400. The monoisotopic (exact) mass is 261 g/mol. The van der Waals surface area contributed by atoms with Crippen LogP contribution in [0, 0.1) is 0 Å². The Balaban J connectivity index is 1.90. The van der Waals surface area contributed by atoms with Gasteiger partial charge >= 0.3 is 0 Å². The van der Waals surface area contributed by atoms with Crippen molar-refractivity contribution in [2.45, 2.75) is 38.1 Å². The molecular weight excluding hydrogens is 242 g/mol. The van der Waals surface area contributed by atoms with E-state index in [9.17, 15) is 15.0 Å². The highest BCUT2D eigenvalue weighted by Crippen LogP contribution is 2.25. The molecule has 1 fully saturated rings. The molecule has 2 rings (SSSR count). The van der Waals surface area contributed by atoms with E-state index in [2.05, 4.69) is 5.32 Å². The van der Waals surface area contributed by atoms with E-state index in [-0.39, 0.29) is 17.4 Å². The van der Waals surface area contributed by atoms with Gasteiger partial charge in [-0.2, -0.15) is 0 Å². The summed E-state index contributed by atoms with van der Waals surface area (Å²) in [6.07, 6.45) is 8.81. The van der Waals surface area contributed by atoms with Gasteiger partial charge in [-0.25, -0.2) is 0 Å². The zero-order valence-electron chi connectivity index (χ0n) is 10.8. The third kappa shape index (κ3) is 4.02. The van der Waals surface area contributed by atoms with Gasteiger partial charge in [0.15, 0.2) is 11.5 Å². The summed E-state index contributed by atoms with van der Waals surface area (Å²) < 4.78 is 0. The highest BCUT2D eigenvalue weighted by molar-refractivity contribution is 5.92. The minimum absolute atomic E-state index is 0.112. The van der Waals surface area contributed by atoms with Gasteiger partial charge in [-0.1, -0.05) is 25.3 Å². The number of benzene rings is 1. The van der Waals surface area contributed by atoms with Crippen molar-refractivity contribution in [3.05, 3.63) is 29.8 Å². The van der Waals surface area contributed by atoms with Gasteiger partial charge in [0.1, 0.15) is 0 Å². The Morgan fingerprint density at radius 2 is 1.89 bits per heavy atom. The molecule has 1 aliphatic carbocycles. The number of nitrogens with one attached hydrogen (secondary N) is 1. The second kappa shape index (κ2) is 6.27. The van der Waals surface area contributed by atoms with Gasteiger partial charge in [-0.15, -0.1) is 0 Å². The quantitative estimate of drug-likeness (QED) is 0.578. The molecule has 1 aromatic carbocycles. The third-order valence-electron chi connectivity index (χ3n) is 3.38. The molecule has 1 aliphatic rings. The highest BCUT2D eigenvalue weighted by atomic mass is 16.3. The summed E-state index contributed by atoms with van der Waals surface area (Å²) in [4.78, 5) is 11.7. The molecule has 3 N–H and O–H groups in total. The number of phenolic OH excluding ortho intramolecular Hbond substituents is 2.